The van der Waals surface area contributed by atoms with Gasteiger partial charge in [-0.1, -0.05) is 44.2 Å². The number of hydrogen-bond acceptors (Lipinski definition) is 3. The Balaban J connectivity index is 1.78. The van der Waals surface area contributed by atoms with E-state index in [1.54, 1.807) is 18.5 Å². The van der Waals surface area contributed by atoms with Gasteiger partial charge in [-0.2, -0.15) is 0 Å². The predicted molar refractivity (Wildman–Crippen MR) is 88.5 cm³/mol. The number of hydrogen-bond donors (Lipinski definition) is 2. The molecule has 23 heavy (non-hydrogen) atoms. The third-order valence-electron chi connectivity index (χ3n) is 3.48. The number of pyridine rings is 1. The molecule has 1 aromatic heterocycles. The molecule has 2 rings (SSSR count). The molecule has 0 saturated heterocycles. The molecular formula is C18H21N3O2. The minimum absolute atomic E-state index is 0.281. The Hall–Kier alpha value is -2.69. The van der Waals surface area contributed by atoms with E-state index in [0.29, 0.717) is 12.5 Å². The van der Waals surface area contributed by atoms with E-state index in [-0.39, 0.29) is 6.54 Å². The first-order valence-electron chi connectivity index (χ1n) is 7.60. The highest BCUT2D eigenvalue weighted by molar-refractivity contribution is 6.35. The molecule has 0 aliphatic carbocycles. The van der Waals surface area contributed by atoms with Gasteiger partial charge >= 0.3 is 11.8 Å². The van der Waals surface area contributed by atoms with Crippen LogP contribution in [0.4, 0.5) is 0 Å². The first-order valence-corrected chi connectivity index (χ1v) is 7.60. The molecule has 0 aliphatic heterocycles. The molecule has 2 aromatic rings. The van der Waals surface area contributed by atoms with E-state index in [2.05, 4.69) is 29.5 Å². The van der Waals surface area contributed by atoms with Crippen LogP contribution in [0.15, 0.2) is 48.8 Å². The molecule has 0 saturated carbocycles. The van der Waals surface area contributed by atoms with Gasteiger partial charge < -0.3 is 10.6 Å². The second-order valence-electron chi connectivity index (χ2n) is 5.62. The van der Waals surface area contributed by atoms with E-state index in [1.165, 1.54) is 5.56 Å². The number of nitrogens with zero attached hydrogens (tertiary/aromatic N) is 1. The van der Waals surface area contributed by atoms with Gasteiger partial charge in [0.2, 0.25) is 0 Å². The smallest absolute Gasteiger partial charge is 0.309 e. The highest BCUT2D eigenvalue weighted by atomic mass is 16.2. The molecule has 0 radical (unpaired) electrons. The second-order valence-corrected chi connectivity index (χ2v) is 5.62. The Kier molecular flexibility index (Phi) is 5.86. The van der Waals surface area contributed by atoms with Crippen LogP contribution in [0.2, 0.25) is 0 Å². The van der Waals surface area contributed by atoms with Crippen LogP contribution < -0.4 is 10.6 Å². The molecule has 0 fully saturated rings. The summed E-state index contributed by atoms with van der Waals surface area (Å²) in [6, 6.07) is 11.6. The van der Waals surface area contributed by atoms with E-state index in [4.69, 9.17) is 0 Å². The third-order valence-corrected chi connectivity index (χ3v) is 3.48. The summed E-state index contributed by atoms with van der Waals surface area (Å²) in [6.45, 7) is 4.87. The minimum Gasteiger partial charge on any atom is -0.344 e. The van der Waals surface area contributed by atoms with Gasteiger partial charge in [0, 0.05) is 25.5 Å². The van der Waals surface area contributed by atoms with Gasteiger partial charge in [-0.15, -0.1) is 0 Å². The van der Waals surface area contributed by atoms with Crippen molar-refractivity contribution >= 4 is 11.8 Å². The summed E-state index contributed by atoms with van der Waals surface area (Å²) in [5, 5.41) is 5.19. The molecule has 120 valence electrons. The van der Waals surface area contributed by atoms with Gasteiger partial charge in [0.05, 0.1) is 0 Å². The molecule has 0 atom stereocenters. The van der Waals surface area contributed by atoms with Crippen molar-refractivity contribution in [3.63, 3.8) is 0 Å². The summed E-state index contributed by atoms with van der Waals surface area (Å²) in [4.78, 5) is 27.5. The van der Waals surface area contributed by atoms with Crippen molar-refractivity contribution < 1.29 is 9.59 Å². The zero-order valence-electron chi connectivity index (χ0n) is 13.4. The lowest BCUT2D eigenvalue weighted by Gasteiger charge is -2.08. The number of amides is 2. The molecule has 2 amide bonds. The molecule has 0 spiro atoms. The average Bonchev–Trinajstić information content (AvgIpc) is 2.58. The second kappa shape index (κ2) is 8.08. The number of carbonyl (C=O) groups is 2. The largest absolute Gasteiger partial charge is 0.344 e. The average molecular weight is 311 g/mol. The first-order chi connectivity index (χ1) is 11.1. The zero-order valence-corrected chi connectivity index (χ0v) is 13.4. The summed E-state index contributed by atoms with van der Waals surface area (Å²) in [5.41, 5.74) is 3.05. The SMILES string of the molecule is CC(C)c1ccc(CNC(=O)C(=O)NCc2cccnc2)cc1. The Bertz CT molecular complexity index is 652. The van der Waals surface area contributed by atoms with Crippen LogP contribution in [0.3, 0.4) is 0 Å². The summed E-state index contributed by atoms with van der Waals surface area (Å²) in [6.07, 6.45) is 3.30. The number of benzene rings is 1. The fourth-order valence-electron chi connectivity index (χ4n) is 2.05. The van der Waals surface area contributed by atoms with Crippen LogP contribution in [0, 0.1) is 0 Å². The van der Waals surface area contributed by atoms with Gasteiger partial charge in [-0.25, -0.2) is 0 Å². The third kappa shape index (κ3) is 5.21. The van der Waals surface area contributed by atoms with Crippen molar-refractivity contribution in [2.45, 2.75) is 32.9 Å². The Morgan fingerprint density at radius 3 is 2.09 bits per heavy atom. The van der Waals surface area contributed by atoms with Crippen LogP contribution >= 0.6 is 0 Å². The number of rotatable bonds is 5. The summed E-state index contributed by atoms with van der Waals surface area (Å²) in [7, 11) is 0. The highest BCUT2D eigenvalue weighted by Crippen LogP contribution is 2.14. The summed E-state index contributed by atoms with van der Waals surface area (Å²) >= 11 is 0. The molecular weight excluding hydrogens is 290 g/mol. The monoisotopic (exact) mass is 311 g/mol. The van der Waals surface area contributed by atoms with Crippen LogP contribution in [-0.4, -0.2) is 16.8 Å². The predicted octanol–water partition coefficient (Wildman–Crippen LogP) is 2.14. The lowest BCUT2D eigenvalue weighted by Crippen LogP contribution is -2.39. The number of aromatic nitrogens is 1. The van der Waals surface area contributed by atoms with Crippen molar-refractivity contribution in [1.82, 2.24) is 15.6 Å². The molecule has 5 heteroatoms. The van der Waals surface area contributed by atoms with Gasteiger partial charge in [0.1, 0.15) is 0 Å². The van der Waals surface area contributed by atoms with E-state index in [0.717, 1.165) is 11.1 Å². The van der Waals surface area contributed by atoms with Crippen LogP contribution in [0.1, 0.15) is 36.5 Å². The molecule has 5 nitrogen and oxygen atoms in total. The van der Waals surface area contributed by atoms with Crippen LogP contribution in [0.5, 0.6) is 0 Å². The highest BCUT2D eigenvalue weighted by Gasteiger charge is 2.12. The first kappa shape index (κ1) is 16.7. The molecule has 2 N–H and O–H groups in total. The van der Waals surface area contributed by atoms with Crippen molar-refractivity contribution in [1.29, 1.82) is 0 Å². The van der Waals surface area contributed by atoms with Crippen LogP contribution in [0.25, 0.3) is 0 Å². The minimum atomic E-state index is -0.646. The summed E-state index contributed by atoms with van der Waals surface area (Å²) < 4.78 is 0. The van der Waals surface area contributed by atoms with Crippen molar-refractivity contribution in [3.8, 4) is 0 Å². The van der Waals surface area contributed by atoms with Crippen LogP contribution in [-0.2, 0) is 22.7 Å². The van der Waals surface area contributed by atoms with Crippen molar-refractivity contribution in [3.05, 3.63) is 65.5 Å². The fourth-order valence-corrected chi connectivity index (χ4v) is 2.05. The lowest BCUT2D eigenvalue weighted by atomic mass is 10.0. The van der Waals surface area contributed by atoms with Gasteiger partial charge in [-0.05, 0) is 28.7 Å². The molecule has 0 bridgehead atoms. The fraction of sp³-hybridized carbons (Fsp3) is 0.278. The van der Waals surface area contributed by atoms with Crippen molar-refractivity contribution in [2.24, 2.45) is 0 Å². The molecule has 1 heterocycles. The van der Waals surface area contributed by atoms with E-state index < -0.39 is 11.8 Å². The Morgan fingerprint density at radius 2 is 1.57 bits per heavy atom. The lowest BCUT2D eigenvalue weighted by molar-refractivity contribution is -0.139. The quantitative estimate of drug-likeness (QED) is 0.831. The zero-order chi connectivity index (χ0) is 16.7. The number of carbonyl (C=O) groups excluding carboxylic acids is 2. The summed E-state index contributed by atoms with van der Waals surface area (Å²) in [5.74, 6) is -0.814. The normalized spacial score (nSPS) is 10.4. The van der Waals surface area contributed by atoms with Gasteiger partial charge in [0.15, 0.2) is 0 Å². The maximum absolute atomic E-state index is 11.8. The van der Waals surface area contributed by atoms with Crippen molar-refractivity contribution in [2.75, 3.05) is 0 Å². The van der Waals surface area contributed by atoms with E-state index in [1.807, 2.05) is 30.3 Å². The van der Waals surface area contributed by atoms with E-state index >= 15 is 0 Å². The Labute approximate surface area is 136 Å². The van der Waals surface area contributed by atoms with Gasteiger partial charge in [0.25, 0.3) is 0 Å². The standard InChI is InChI=1S/C18H21N3O2/c1-13(2)16-7-5-14(6-8-16)11-20-17(22)18(23)21-12-15-4-3-9-19-10-15/h3-10,13H,11-12H2,1-2H3,(H,20,22)(H,21,23). The maximum Gasteiger partial charge on any atom is 0.309 e. The topological polar surface area (TPSA) is 71.1 Å². The van der Waals surface area contributed by atoms with E-state index in [9.17, 15) is 9.59 Å². The maximum atomic E-state index is 11.8. The molecule has 1 aromatic carbocycles. The Morgan fingerprint density at radius 1 is 0.957 bits per heavy atom. The molecule has 0 aliphatic rings. The number of nitrogens with one attached hydrogen (secondary N) is 2. The van der Waals surface area contributed by atoms with Gasteiger partial charge in [-0.3, -0.25) is 14.6 Å². The molecule has 0 unspecified atom stereocenters.